The Morgan fingerprint density at radius 2 is 0.776 bits per heavy atom. The molecule has 0 bridgehead atoms. The van der Waals surface area contributed by atoms with Crippen molar-refractivity contribution >= 4 is 19.5 Å². The van der Waals surface area contributed by atoms with Crippen molar-refractivity contribution in [3.05, 3.63) is 155 Å². The molecule has 0 saturated heterocycles. The van der Waals surface area contributed by atoms with Gasteiger partial charge in [-0.25, -0.2) is 0 Å². The topological polar surface area (TPSA) is 90.5 Å². The normalized spacial score (nSPS) is 16.2. The van der Waals surface area contributed by atoms with Crippen LogP contribution in [-0.2, 0) is 37.5 Å². The molecule has 0 aliphatic carbocycles. The predicted octanol–water partition coefficient (Wildman–Crippen LogP) is 12.2. The maximum atomic E-state index is 9.87. The van der Waals surface area contributed by atoms with Crippen LogP contribution < -0.4 is 24.3 Å². The molecule has 6 rings (SSSR count). The molecule has 368 valence electrons. The third-order valence-electron chi connectivity index (χ3n) is 9.56. The Bertz CT molecular complexity index is 2050. The van der Waals surface area contributed by atoms with Crippen LogP contribution in [-0.4, -0.2) is 79.3 Å². The number of quaternary nitrogens is 1. The fraction of sp³-hybridized carbons (Fsp3) is 0.373. The molecular weight excluding hydrogens is 900 g/mol. The zero-order valence-electron chi connectivity index (χ0n) is 38.7. The van der Waals surface area contributed by atoms with Crippen LogP contribution in [0.2, 0.25) is 0 Å². The van der Waals surface area contributed by atoms with E-state index in [-0.39, 0.29) is 5.41 Å². The predicted molar refractivity (Wildman–Crippen MR) is 253 cm³/mol. The Hall–Kier alpha value is -5.15. The van der Waals surface area contributed by atoms with Gasteiger partial charge in [-0.1, -0.05) is 130 Å². The maximum Gasteiger partial charge on any atom is 0.161 e. The number of halogens is 6. The Morgan fingerprint density at radius 1 is 0.463 bits per heavy atom. The van der Waals surface area contributed by atoms with E-state index in [2.05, 4.69) is 118 Å². The summed E-state index contributed by atoms with van der Waals surface area (Å²) in [5.74, 6) is 2.73. The molecule has 2 N–H and O–H groups in total. The summed E-state index contributed by atoms with van der Waals surface area (Å²) in [6, 6.07) is 43.6. The van der Waals surface area contributed by atoms with Crippen molar-refractivity contribution in [2.24, 2.45) is 0 Å². The SMILES string of the molecule is C/C(=C/c1ccccc1)c1ccc(C[NH2+]Cc2ccc(C(C)(C)C)cc2)cc1.F[P-](F)(F)(F)(F)F.c1ccc2c(c1)OCCOCCOCCOc1ccccc1OCCOCCOCCO2. The molecule has 1 aliphatic heterocycles. The standard InChI is InChI=1S/C27H31N.C24H32O8.F6P/c1-21(18-22-8-6-5-7-9-22)25-14-10-23(11-15-25)19-28-20-24-12-16-26(17-13-24)27(2,3)4;1-2-6-22-21(5-1)29-17-13-25-9-10-27-15-19-31-23-7-3-4-8-24(23)32-20-16-28-12-11-26-14-18-30-22;1-7(2,3,4,5)6/h5-18,28H,19-20H2,1-4H3;1-8H,9-20H2;/q;;-1/p+1/b21-18-;;. The summed E-state index contributed by atoms with van der Waals surface area (Å²) in [6.45, 7) is 16.4. The van der Waals surface area contributed by atoms with E-state index in [4.69, 9.17) is 37.9 Å². The van der Waals surface area contributed by atoms with Crippen molar-refractivity contribution in [3.8, 4) is 23.0 Å². The second-order valence-electron chi connectivity index (χ2n) is 16.3. The fourth-order valence-electron chi connectivity index (χ4n) is 6.20. The minimum Gasteiger partial charge on any atom is -0.487 e. The summed E-state index contributed by atoms with van der Waals surface area (Å²) in [5.41, 5.74) is 8.18. The number of allylic oxidation sites excluding steroid dienone is 1. The van der Waals surface area contributed by atoms with E-state index in [0.29, 0.717) is 102 Å². The van der Waals surface area contributed by atoms with Gasteiger partial charge in [-0.3, -0.25) is 0 Å². The summed E-state index contributed by atoms with van der Waals surface area (Å²) < 4.78 is 105. The van der Waals surface area contributed by atoms with E-state index in [1.165, 1.54) is 33.4 Å². The van der Waals surface area contributed by atoms with Gasteiger partial charge in [-0.2, -0.15) is 0 Å². The molecule has 67 heavy (non-hydrogen) atoms. The molecule has 1 aliphatic rings. The van der Waals surface area contributed by atoms with Gasteiger partial charge in [0.25, 0.3) is 0 Å². The number of hydrogen-bond donors (Lipinski definition) is 1. The van der Waals surface area contributed by atoms with Crippen LogP contribution in [0.1, 0.15) is 55.5 Å². The Kier molecular flexibility index (Phi) is 21.5. The average molecular weight is 964 g/mol. The van der Waals surface area contributed by atoms with Crippen LogP contribution >= 0.6 is 7.81 Å². The third kappa shape index (κ3) is 25.5. The third-order valence-corrected chi connectivity index (χ3v) is 9.56. The minimum atomic E-state index is -10.7. The molecule has 5 aromatic rings. The molecule has 1 heterocycles. The minimum absolute atomic E-state index is 0.219. The number of fused-ring (bicyclic) bond motifs is 2. The number of nitrogens with two attached hydrogens (primary N) is 1. The van der Waals surface area contributed by atoms with Crippen LogP contribution in [0.25, 0.3) is 11.6 Å². The van der Waals surface area contributed by atoms with Gasteiger partial charge < -0.3 is 43.2 Å². The second kappa shape index (κ2) is 26.4. The van der Waals surface area contributed by atoms with E-state index in [9.17, 15) is 25.2 Å². The zero-order chi connectivity index (χ0) is 48.5. The van der Waals surface area contributed by atoms with E-state index in [1.54, 1.807) is 0 Å². The maximum absolute atomic E-state index is 10.7. The van der Waals surface area contributed by atoms with Crippen molar-refractivity contribution in [1.29, 1.82) is 0 Å². The average Bonchev–Trinajstić information content (AvgIpc) is 3.28. The van der Waals surface area contributed by atoms with Gasteiger partial charge in [0, 0.05) is 11.1 Å². The molecule has 0 aromatic heterocycles. The summed E-state index contributed by atoms with van der Waals surface area (Å²) in [6.07, 6.45) is 2.24. The van der Waals surface area contributed by atoms with Crippen LogP contribution in [0.4, 0.5) is 25.2 Å². The van der Waals surface area contributed by atoms with Gasteiger partial charge in [0.15, 0.2) is 23.0 Å². The first-order valence-corrected chi connectivity index (χ1v) is 24.1. The summed E-state index contributed by atoms with van der Waals surface area (Å²) in [7, 11) is -10.7. The molecule has 0 unspecified atom stereocenters. The molecule has 0 atom stereocenters. The number of ether oxygens (including phenoxy) is 8. The van der Waals surface area contributed by atoms with E-state index in [1.807, 2.05) is 48.5 Å². The molecule has 9 nitrogen and oxygen atoms in total. The van der Waals surface area contributed by atoms with E-state index < -0.39 is 7.81 Å². The smallest absolute Gasteiger partial charge is 0.161 e. The van der Waals surface area contributed by atoms with Crippen molar-refractivity contribution in [3.63, 3.8) is 0 Å². The number of para-hydroxylation sites is 4. The van der Waals surface area contributed by atoms with Gasteiger partial charge >= 0.3 is 33.0 Å². The Labute approximate surface area is 390 Å². The summed E-state index contributed by atoms with van der Waals surface area (Å²) in [5, 5.41) is 2.37. The first-order chi connectivity index (χ1) is 31.8. The first-order valence-electron chi connectivity index (χ1n) is 22.1. The molecular formula is C51H64F6NO8P. The van der Waals surface area contributed by atoms with Crippen molar-refractivity contribution in [2.75, 3.05) is 79.3 Å². The van der Waals surface area contributed by atoms with Crippen LogP contribution in [0.15, 0.2) is 127 Å². The van der Waals surface area contributed by atoms with E-state index in [0.717, 1.165) is 13.1 Å². The van der Waals surface area contributed by atoms with Gasteiger partial charge in [0.05, 0.1) is 52.9 Å². The van der Waals surface area contributed by atoms with Crippen molar-refractivity contribution < 1.29 is 68.4 Å². The number of benzene rings is 5. The molecule has 16 heteroatoms. The summed E-state index contributed by atoms with van der Waals surface area (Å²) >= 11 is 0. The van der Waals surface area contributed by atoms with Crippen LogP contribution in [0.3, 0.4) is 0 Å². The zero-order valence-corrected chi connectivity index (χ0v) is 39.6. The Morgan fingerprint density at radius 3 is 1.12 bits per heavy atom. The fourth-order valence-corrected chi connectivity index (χ4v) is 6.20. The molecule has 0 spiro atoms. The quantitative estimate of drug-likeness (QED) is 0.102. The molecule has 0 saturated carbocycles. The second-order valence-corrected chi connectivity index (χ2v) is 18.2. The van der Waals surface area contributed by atoms with Crippen molar-refractivity contribution in [2.45, 2.75) is 46.2 Å². The largest absolute Gasteiger partial charge is 0.487 e. The summed E-state index contributed by atoms with van der Waals surface area (Å²) in [4.78, 5) is 0. The molecule has 0 amide bonds. The molecule has 0 radical (unpaired) electrons. The van der Waals surface area contributed by atoms with Crippen molar-refractivity contribution in [1.82, 2.24) is 0 Å². The Balaban J connectivity index is 0.000000258. The first kappa shape index (κ1) is 54.5. The number of hydrogen-bond acceptors (Lipinski definition) is 8. The van der Waals surface area contributed by atoms with Gasteiger partial charge in [-0.05, 0) is 58.9 Å². The number of rotatable bonds is 6. The molecule has 0 fully saturated rings. The van der Waals surface area contributed by atoms with Gasteiger partial charge in [0.2, 0.25) is 0 Å². The van der Waals surface area contributed by atoms with Gasteiger partial charge in [0.1, 0.15) is 39.5 Å². The van der Waals surface area contributed by atoms with E-state index >= 15 is 0 Å². The van der Waals surface area contributed by atoms with Gasteiger partial charge in [-0.15, -0.1) is 0 Å². The molecule has 5 aromatic carbocycles. The monoisotopic (exact) mass is 963 g/mol. The van der Waals surface area contributed by atoms with Crippen LogP contribution in [0.5, 0.6) is 23.0 Å². The van der Waals surface area contributed by atoms with Crippen LogP contribution in [0, 0.1) is 0 Å².